The SMILES string of the molecule is [2H]CCCCCCCCCCCCCC(=O)C(O)(CC(=O)[O-])C[N+](C)(C)C. The van der Waals surface area contributed by atoms with Crippen molar-refractivity contribution < 1.29 is 25.7 Å². The summed E-state index contributed by atoms with van der Waals surface area (Å²) in [7, 11) is 5.47. The minimum Gasteiger partial charge on any atom is -0.550 e. The van der Waals surface area contributed by atoms with Crippen LogP contribution in [0.15, 0.2) is 0 Å². The topological polar surface area (TPSA) is 77.4 Å². The van der Waals surface area contributed by atoms with E-state index >= 15 is 0 Å². The van der Waals surface area contributed by atoms with E-state index in [0.717, 1.165) is 25.7 Å². The van der Waals surface area contributed by atoms with Gasteiger partial charge >= 0.3 is 0 Å². The molecule has 154 valence electrons. The average molecular weight is 373 g/mol. The highest BCUT2D eigenvalue weighted by Gasteiger charge is 2.40. The predicted octanol–water partition coefficient (Wildman–Crippen LogP) is 2.83. The number of carboxylic acid groups (broad SMARTS) is 1. The summed E-state index contributed by atoms with van der Waals surface area (Å²) in [6, 6.07) is 0. The Bertz CT molecular complexity index is 423. The summed E-state index contributed by atoms with van der Waals surface area (Å²) in [6.07, 6.45) is 11.9. The molecule has 1 atom stereocenters. The normalized spacial score (nSPS) is 14.7. The van der Waals surface area contributed by atoms with Crippen molar-refractivity contribution in [1.29, 1.82) is 0 Å². The third kappa shape index (κ3) is 13.3. The van der Waals surface area contributed by atoms with Crippen LogP contribution >= 0.6 is 0 Å². The van der Waals surface area contributed by atoms with Crippen molar-refractivity contribution in [2.45, 2.75) is 96.0 Å². The first-order valence-electron chi connectivity index (χ1n) is 10.9. The van der Waals surface area contributed by atoms with Gasteiger partial charge in [0.05, 0.1) is 21.1 Å². The Morgan fingerprint density at radius 3 is 1.81 bits per heavy atom. The number of aliphatic carboxylic acids is 1. The number of carbonyl (C=O) groups is 2. The van der Waals surface area contributed by atoms with E-state index in [2.05, 4.69) is 0 Å². The zero-order valence-electron chi connectivity index (χ0n) is 18.2. The number of carboxylic acids is 1. The van der Waals surface area contributed by atoms with Crippen LogP contribution in [0.2, 0.25) is 0 Å². The fourth-order valence-corrected chi connectivity index (χ4v) is 3.38. The Morgan fingerprint density at radius 2 is 1.38 bits per heavy atom. The standard InChI is InChI=1S/C21H41NO4/c1-5-6-7-8-9-10-11-12-13-14-15-16-19(23)21(26,17-20(24)25)18-22(2,3)4/h26H,5-18H2,1-4H3/i1D. The molecule has 0 aliphatic rings. The molecular formula is C21H41NO4. The fourth-order valence-electron chi connectivity index (χ4n) is 3.38. The minimum absolute atomic E-state index is 0.0710. The number of rotatable bonds is 17. The number of Topliss-reactive ketones (excluding diaryl/α,β-unsaturated/α-hetero) is 1. The van der Waals surface area contributed by atoms with Crippen LogP contribution in [0, 0.1) is 0 Å². The molecule has 0 saturated carbocycles. The van der Waals surface area contributed by atoms with Crippen molar-refractivity contribution in [3.63, 3.8) is 0 Å². The van der Waals surface area contributed by atoms with Crippen molar-refractivity contribution in [1.82, 2.24) is 0 Å². The van der Waals surface area contributed by atoms with Crippen molar-refractivity contribution in [2.24, 2.45) is 0 Å². The molecule has 0 rings (SSSR count). The molecule has 0 heterocycles. The maximum atomic E-state index is 12.4. The number of hydrogen-bond donors (Lipinski definition) is 1. The number of aliphatic hydroxyl groups is 1. The van der Waals surface area contributed by atoms with Crippen LogP contribution in [0.1, 0.15) is 91.7 Å². The summed E-state index contributed by atoms with van der Waals surface area (Å²) < 4.78 is 7.41. The van der Waals surface area contributed by atoms with E-state index < -0.39 is 18.0 Å². The molecule has 0 saturated heterocycles. The van der Waals surface area contributed by atoms with E-state index in [1.54, 1.807) is 0 Å². The molecule has 0 radical (unpaired) electrons. The van der Waals surface area contributed by atoms with Gasteiger partial charge in [-0.05, 0) is 6.42 Å². The first-order chi connectivity index (χ1) is 12.6. The Hall–Kier alpha value is -0.940. The zero-order valence-corrected chi connectivity index (χ0v) is 17.2. The van der Waals surface area contributed by atoms with E-state index in [-0.39, 0.29) is 18.7 Å². The molecule has 26 heavy (non-hydrogen) atoms. The lowest BCUT2D eigenvalue weighted by Gasteiger charge is -2.34. The largest absolute Gasteiger partial charge is 0.550 e. The average Bonchev–Trinajstić information content (AvgIpc) is 2.53. The molecule has 0 fully saturated rings. The van der Waals surface area contributed by atoms with Gasteiger partial charge < -0.3 is 19.5 Å². The summed E-state index contributed by atoms with van der Waals surface area (Å²) >= 11 is 0. The second-order valence-corrected chi connectivity index (χ2v) is 8.59. The number of likely N-dealkylation sites (N-methyl/N-ethyl adjacent to an activating group) is 1. The van der Waals surface area contributed by atoms with Crippen LogP contribution in [0.25, 0.3) is 0 Å². The molecule has 0 aromatic rings. The highest BCUT2D eigenvalue weighted by atomic mass is 16.4. The monoisotopic (exact) mass is 372 g/mol. The molecule has 0 spiro atoms. The molecule has 0 aromatic carbocycles. The lowest BCUT2D eigenvalue weighted by Crippen LogP contribution is -2.56. The van der Waals surface area contributed by atoms with Gasteiger partial charge in [0, 0.05) is 20.2 Å². The van der Waals surface area contributed by atoms with Gasteiger partial charge in [-0.1, -0.05) is 71.1 Å². The number of unbranched alkanes of at least 4 members (excludes halogenated alkanes) is 10. The highest BCUT2D eigenvalue weighted by Crippen LogP contribution is 2.20. The number of ketones is 1. The van der Waals surface area contributed by atoms with Crippen molar-refractivity contribution in [2.75, 3.05) is 27.7 Å². The Morgan fingerprint density at radius 1 is 0.923 bits per heavy atom. The van der Waals surface area contributed by atoms with Gasteiger partial charge in [0.25, 0.3) is 0 Å². The third-order valence-corrected chi connectivity index (χ3v) is 4.60. The molecular weight excluding hydrogens is 330 g/mol. The summed E-state index contributed by atoms with van der Waals surface area (Å²) in [5, 5.41) is 21.5. The van der Waals surface area contributed by atoms with Crippen molar-refractivity contribution >= 4 is 11.8 Å². The van der Waals surface area contributed by atoms with Gasteiger partial charge in [-0.3, -0.25) is 4.79 Å². The number of carbonyl (C=O) groups excluding carboxylic acids is 2. The summed E-state index contributed by atoms with van der Waals surface area (Å²) in [4.78, 5) is 23.3. The zero-order chi connectivity index (χ0) is 20.8. The van der Waals surface area contributed by atoms with Crippen molar-refractivity contribution in [3.8, 4) is 0 Å². The van der Waals surface area contributed by atoms with Crippen LogP contribution in [0.3, 0.4) is 0 Å². The van der Waals surface area contributed by atoms with Crippen LogP contribution in [-0.4, -0.2) is 54.6 Å². The highest BCUT2D eigenvalue weighted by molar-refractivity contribution is 5.90. The van der Waals surface area contributed by atoms with E-state index in [9.17, 15) is 19.8 Å². The first-order valence-corrected chi connectivity index (χ1v) is 10.2. The molecule has 0 aromatic heterocycles. The summed E-state index contributed by atoms with van der Waals surface area (Å²) in [5.41, 5.74) is -1.84. The van der Waals surface area contributed by atoms with Gasteiger partial charge in [0.2, 0.25) is 0 Å². The lowest BCUT2D eigenvalue weighted by atomic mass is 9.89. The van der Waals surface area contributed by atoms with Crippen LogP contribution < -0.4 is 5.11 Å². The second kappa shape index (κ2) is 13.3. The quantitative estimate of drug-likeness (QED) is 0.315. The molecule has 1 N–H and O–H groups in total. The first kappa shape index (κ1) is 23.1. The van der Waals surface area contributed by atoms with E-state index in [1.165, 1.54) is 38.5 Å². The molecule has 0 aliphatic heterocycles. The second-order valence-electron chi connectivity index (χ2n) is 8.59. The third-order valence-electron chi connectivity index (χ3n) is 4.60. The Labute approximate surface area is 161 Å². The van der Waals surface area contributed by atoms with Gasteiger partial charge in [0.1, 0.15) is 6.54 Å². The smallest absolute Gasteiger partial charge is 0.177 e. The van der Waals surface area contributed by atoms with Crippen LogP contribution in [0.5, 0.6) is 0 Å². The molecule has 5 heteroatoms. The minimum atomic E-state index is -1.84. The van der Waals surface area contributed by atoms with Gasteiger partial charge in [0.15, 0.2) is 11.4 Å². The fraction of sp³-hybridized carbons (Fsp3) is 0.905. The van der Waals surface area contributed by atoms with Crippen LogP contribution in [-0.2, 0) is 9.59 Å². The molecule has 5 nitrogen and oxygen atoms in total. The number of quaternary nitrogens is 1. The van der Waals surface area contributed by atoms with Gasteiger partial charge in [-0.15, -0.1) is 0 Å². The molecule has 1 unspecified atom stereocenters. The maximum Gasteiger partial charge on any atom is 0.177 e. The number of nitrogens with zero attached hydrogens (tertiary/aromatic N) is 1. The van der Waals surface area contributed by atoms with Crippen molar-refractivity contribution in [3.05, 3.63) is 0 Å². The molecule has 0 bridgehead atoms. The Kier molecular flexibility index (Phi) is 11.8. The summed E-state index contributed by atoms with van der Waals surface area (Å²) in [6.45, 7) is 0.615. The predicted molar refractivity (Wildman–Crippen MR) is 104 cm³/mol. The van der Waals surface area contributed by atoms with E-state index in [0.29, 0.717) is 17.8 Å². The Balaban J connectivity index is 3.91. The lowest BCUT2D eigenvalue weighted by molar-refractivity contribution is -0.875. The van der Waals surface area contributed by atoms with E-state index in [4.69, 9.17) is 1.37 Å². The summed E-state index contributed by atoms with van der Waals surface area (Å²) in [5.74, 6) is -1.77. The van der Waals surface area contributed by atoms with Gasteiger partial charge in [-0.25, -0.2) is 0 Å². The van der Waals surface area contributed by atoms with Gasteiger partial charge in [-0.2, -0.15) is 0 Å². The molecule has 0 aliphatic carbocycles. The van der Waals surface area contributed by atoms with Crippen LogP contribution in [0.4, 0.5) is 0 Å². The molecule has 0 amide bonds. The number of hydrogen-bond acceptors (Lipinski definition) is 4. The maximum absolute atomic E-state index is 12.4. The van der Waals surface area contributed by atoms with E-state index in [1.807, 2.05) is 21.1 Å².